The summed E-state index contributed by atoms with van der Waals surface area (Å²) in [6.45, 7) is -0.197. The fourth-order valence-electron chi connectivity index (χ4n) is 1.58. The average Bonchev–Trinajstić information content (AvgIpc) is 2.52. The summed E-state index contributed by atoms with van der Waals surface area (Å²) >= 11 is 0. The zero-order valence-corrected chi connectivity index (χ0v) is 11.0. The number of nitro groups is 1. The number of carbonyl (C=O) groups is 1. The van der Waals surface area contributed by atoms with Gasteiger partial charge in [0.15, 0.2) is 6.61 Å². The summed E-state index contributed by atoms with van der Waals surface area (Å²) in [5.74, 6) is 0.121. The Morgan fingerprint density at radius 1 is 1.10 bits per heavy atom. The molecular formula is C14H13N3O4. The molecule has 2 aromatic rings. The van der Waals surface area contributed by atoms with E-state index in [1.54, 1.807) is 36.4 Å². The Bertz CT molecular complexity index is 631. The smallest absolute Gasteiger partial charge is 0.294 e. The first-order chi connectivity index (χ1) is 10.2. The van der Waals surface area contributed by atoms with Crippen molar-refractivity contribution >= 4 is 17.3 Å². The molecule has 0 radical (unpaired) electrons. The maximum Gasteiger partial charge on any atom is 0.294 e. The van der Waals surface area contributed by atoms with Gasteiger partial charge < -0.3 is 4.74 Å². The predicted octanol–water partition coefficient (Wildman–Crippen LogP) is 2.12. The van der Waals surface area contributed by atoms with Crippen LogP contribution in [0.5, 0.6) is 5.75 Å². The molecule has 21 heavy (non-hydrogen) atoms. The van der Waals surface area contributed by atoms with Crippen molar-refractivity contribution in [1.82, 2.24) is 5.43 Å². The lowest BCUT2D eigenvalue weighted by Crippen LogP contribution is -2.33. The molecule has 0 saturated carbocycles. The maximum absolute atomic E-state index is 11.6. The number of rotatable bonds is 6. The molecule has 0 aromatic heterocycles. The number of hydrazine groups is 1. The lowest BCUT2D eigenvalue weighted by atomic mass is 10.3. The first-order valence-corrected chi connectivity index (χ1v) is 6.13. The van der Waals surface area contributed by atoms with Crippen molar-refractivity contribution in [1.29, 1.82) is 0 Å². The number of ether oxygens (including phenoxy) is 1. The van der Waals surface area contributed by atoms with E-state index in [0.29, 0.717) is 5.75 Å². The number of anilines is 1. The number of amides is 1. The molecule has 7 nitrogen and oxygen atoms in total. The molecule has 0 aliphatic carbocycles. The number of nitro benzene ring substituents is 1. The van der Waals surface area contributed by atoms with Crippen molar-refractivity contribution in [3.63, 3.8) is 0 Å². The molecular weight excluding hydrogens is 274 g/mol. The molecule has 0 aliphatic heterocycles. The van der Waals surface area contributed by atoms with Crippen molar-refractivity contribution < 1.29 is 14.5 Å². The van der Waals surface area contributed by atoms with Crippen molar-refractivity contribution in [3.05, 3.63) is 64.7 Å². The SMILES string of the molecule is O=C(COc1ccccc1)NNc1ccccc1[N+](=O)[O-]. The number of para-hydroxylation sites is 3. The molecule has 0 atom stereocenters. The van der Waals surface area contributed by atoms with Gasteiger partial charge in [0.05, 0.1) is 4.92 Å². The molecule has 0 spiro atoms. The molecule has 0 saturated heterocycles. The second kappa shape index (κ2) is 6.90. The fraction of sp³-hybridized carbons (Fsp3) is 0.0714. The number of nitrogens with one attached hydrogen (secondary N) is 2. The van der Waals surface area contributed by atoms with E-state index >= 15 is 0 Å². The van der Waals surface area contributed by atoms with Crippen molar-refractivity contribution in [2.45, 2.75) is 0 Å². The molecule has 0 fully saturated rings. The van der Waals surface area contributed by atoms with Gasteiger partial charge in [0.1, 0.15) is 11.4 Å². The average molecular weight is 287 g/mol. The van der Waals surface area contributed by atoms with Crippen LogP contribution in [0, 0.1) is 10.1 Å². The third kappa shape index (κ3) is 4.20. The number of hydrogen-bond donors (Lipinski definition) is 2. The van der Waals surface area contributed by atoms with E-state index in [0.717, 1.165) is 0 Å². The van der Waals surface area contributed by atoms with Crippen LogP contribution in [0.25, 0.3) is 0 Å². The number of hydrogen-bond acceptors (Lipinski definition) is 5. The van der Waals surface area contributed by atoms with Crippen molar-refractivity contribution in [3.8, 4) is 5.75 Å². The largest absolute Gasteiger partial charge is 0.484 e. The van der Waals surface area contributed by atoms with E-state index in [1.165, 1.54) is 12.1 Å². The lowest BCUT2D eigenvalue weighted by Gasteiger charge is -2.09. The standard InChI is InChI=1S/C14H13N3O4/c18-14(10-21-11-6-2-1-3-7-11)16-15-12-8-4-5-9-13(12)17(19)20/h1-9,15H,10H2,(H,16,18). The van der Waals surface area contributed by atoms with Gasteiger partial charge in [0, 0.05) is 6.07 Å². The lowest BCUT2D eigenvalue weighted by molar-refractivity contribution is -0.384. The molecule has 0 heterocycles. The van der Waals surface area contributed by atoms with E-state index in [4.69, 9.17) is 4.74 Å². The van der Waals surface area contributed by atoms with Crippen molar-refractivity contribution in [2.24, 2.45) is 0 Å². The Kier molecular flexibility index (Phi) is 4.70. The number of nitrogens with zero attached hydrogens (tertiary/aromatic N) is 1. The van der Waals surface area contributed by atoms with E-state index in [2.05, 4.69) is 10.9 Å². The van der Waals surface area contributed by atoms with Gasteiger partial charge in [-0.1, -0.05) is 30.3 Å². The first kappa shape index (κ1) is 14.3. The van der Waals surface area contributed by atoms with Gasteiger partial charge in [-0.15, -0.1) is 0 Å². The second-order valence-electron chi connectivity index (χ2n) is 4.05. The molecule has 0 unspecified atom stereocenters. The molecule has 0 bridgehead atoms. The monoisotopic (exact) mass is 287 g/mol. The van der Waals surface area contributed by atoms with Crippen LogP contribution < -0.4 is 15.6 Å². The minimum Gasteiger partial charge on any atom is -0.484 e. The summed E-state index contributed by atoms with van der Waals surface area (Å²) in [5.41, 5.74) is 4.94. The second-order valence-corrected chi connectivity index (χ2v) is 4.05. The Labute approximate surface area is 120 Å². The van der Waals surface area contributed by atoms with Crippen LogP contribution in [0.2, 0.25) is 0 Å². The third-order valence-corrected chi connectivity index (χ3v) is 2.55. The highest BCUT2D eigenvalue weighted by Crippen LogP contribution is 2.22. The van der Waals surface area contributed by atoms with Gasteiger partial charge in [0.2, 0.25) is 0 Å². The molecule has 2 N–H and O–H groups in total. The summed E-state index contributed by atoms with van der Waals surface area (Å²) in [6.07, 6.45) is 0. The molecule has 7 heteroatoms. The van der Waals surface area contributed by atoms with Gasteiger partial charge in [-0.05, 0) is 18.2 Å². The predicted molar refractivity (Wildman–Crippen MR) is 76.8 cm³/mol. The van der Waals surface area contributed by atoms with Crippen LogP contribution in [-0.4, -0.2) is 17.4 Å². The summed E-state index contributed by atoms with van der Waals surface area (Å²) in [6, 6.07) is 14.9. The Hall–Kier alpha value is -3.09. The highest BCUT2D eigenvalue weighted by molar-refractivity contribution is 5.79. The number of benzene rings is 2. The molecule has 2 aromatic carbocycles. The molecule has 1 amide bonds. The van der Waals surface area contributed by atoms with Crippen LogP contribution in [0.1, 0.15) is 0 Å². The highest BCUT2D eigenvalue weighted by Gasteiger charge is 2.12. The van der Waals surface area contributed by atoms with E-state index in [1.807, 2.05) is 6.07 Å². The first-order valence-electron chi connectivity index (χ1n) is 6.13. The van der Waals surface area contributed by atoms with Crippen LogP contribution in [0.3, 0.4) is 0 Å². The molecule has 0 aliphatic rings. The normalized spacial score (nSPS) is 9.71. The number of carbonyl (C=O) groups excluding carboxylic acids is 1. The highest BCUT2D eigenvalue weighted by atomic mass is 16.6. The van der Waals surface area contributed by atoms with E-state index in [9.17, 15) is 14.9 Å². The zero-order chi connectivity index (χ0) is 15.1. The Morgan fingerprint density at radius 2 is 1.76 bits per heavy atom. The summed E-state index contributed by atoms with van der Waals surface area (Å²) < 4.78 is 5.25. The minimum atomic E-state index is -0.533. The Morgan fingerprint density at radius 3 is 2.48 bits per heavy atom. The van der Waals surface area contributed by atoms with E-state index in [-0.39, 0.29) is 18.0 Å². The zero-order valence-electron chi connectivity index (χ0n) is 11.0. The quantitative estimate of drug-likeness (QED) is 0.627. The van der Waals surface area contributed by atoms with Gasteiger partial charge >= 0.3 is 0 Å². The Balaban J connectivity index is 1.86. The van der Waals surface area contributed by atoms with Gasteiger partial charge in [-0.3, -0.25) is 25.8 Å². The topological polar surface area (TPSA) is 93.5 Å². The van der Waals surface area contributed by atoms with Crippen LogP contribution in [-0.2, 0) is 4.79 Å². The van der Waals surface area contributed by atoms with Gasteiger partial charge in [0.25, 0.3) is 11.6 Å². The maximum atomic E-state index is 11.6. The van der Waals surface area contributed by atoms with Crippen LogP contribution in [0.4, 0.5) is 11.4 Å². The van der Waals surface area contributed by atoms with Crippen molar-refractivity contribution in [2.75, 3.05) is 12.0 Å². The van der Waals surface area contributed by atoms with Crippen LogP contribution in [0.15, 0.2) is 54.6 Å². The fourth-order valence-corrected chi connectivity index (χ4v) is 1.58. The third-order valence-electron chi connectivity index (χ3n) is 2.55. The summed E-state index contributed by atoms with van der Waals surface area (Å²) in [5, 5.41) is 10.8. The van der Waals surface area contributed by atoms with Gasteiger partial charge in [-0.25, -0.2) is 0 Å². The van der Waals surface area contributed by atoms with Crippen LogP contribution >= 0.6 is 0 Å². The summed E-state index contributed by atoms with van der Waals surface area (Å²) in [4.78, 5) is 21.9. The molecule has 108 valence electrons. The minimum absolute atomic E-state index is 0.123. The van der Waals surface area contributed by atoms with E-state index < -0.39 is 10.8 Å². The van der Waals surface area contributed by atoms with Gasteiger partial charge in [-0.2, -0.15) is 0 Å². The summed E-state index contributed by atoms with van der Waals surface area (Å²) in [7, 11) is 0. The molecule has 2 rings (SSSR count).